The molecule has 1 aromatic carbocycles. The first-order valence-electron chi connectivity index (χ1n) is 23.6. The molecule has 5 aliphatic rings. The lowest BCUT2D eigenvalue weighted by Gasteiger charge is -2.46. The summed E-state index contributed by atoms with van der Waals surface area (Å²) in [6, 6.07) is 7.48. The Bertz CT molecular complexity index is 2890. The minimum Gasteiger partial charge on any atom is -0.477 e. The number of quaternary nitrogens is 1. The van der Waals surface area contributed by atoms with E-state index in [1.54, 1.807) is 20.8 Å². The number of likely N-dealkylation sites (tertiary alicyclic amines) is 1. The largest absolute Gasteiger partial charge is 0.477 e. The maximum atomic E-state index is 14.6. The highest BCUT2D eigenvalue weighted by atomic mass is 35.5. The maximum Gasteiger partial charge on any atom is 0.435 e. The molecule has 1 spiro atoms. The SMILES string of the molecule is Cn1c(-c2cn(-c3cc4[nH]c(C(=O)N5CCO[C@]6(CCOC6)C5)cc4cn3)nc2C(F)(F)F)cnc1C(=O)Nc1ccc(C(=O)N2CCN(C(=O)C3CC[N+](CC(=O)O)(CC4CNC4)CC3)CC2)c(Cl)c1. The Morgan fingerprint density at radius 1 is 0.958 bits per heavy atom. The molecular weight excluding hydrogens is 953 g/mol. The molecule has 0 unspecified atom stereocenters. The van der Waals surface area contributed by atoms with Crippen molar-refractivity contribution >= 4 is 57.8 Å². The molecule has 4 N–H and O–H groups in total. The fourth-order valence-electron chi connectivity index (χ4n) is 10.6. The van der Waals surface area contributed by atoms with Crippen molar-refractivity contribution in [2.75, 3.05) is 104 Å². The van der Waals surface area contributed by atoms with Gasteiger partial charge in [0.25, 0.3) is 17.7 Å². The van der Waals surface area contributed by atoms with Crippen molar-refractivity contribution in [2.45, 2.75) is 31.0 Å². The normalized spacial score (nSPS) is 23.1. The zero-order valence-corrected chi connectivity index (χ0v) is 39.6. The number of alkyl halides is 3. The van der Waals surface area contributed by atoms with Gasteiger partial charge in [0.2, 0.25) is 5.91 Å². The average Bonchev–Trinajstić information content (AvgIpc) is 4.16. The van der Waals surface area contributed by atoms with Gasteiger partial charge in [-0.05, 0) is 24.3 Å². The number of carboxylic acids is 1. The number of benzene rings is 1. The molecule has 24 heteroatoms. The number of imidazole rings is 1. The number of nitrogens with zero attached hydrogens (tertiary/aromatic N) is 9. The number of halogens is 4. The number of morpholine rings is 1. The van der Waals surface area contributed by atoms with E-state index in [9.17, 15) is 42.3 Å². The maximum absolute atomic E-state index is 14.6. The number of fused-ring (bicyclic) bond motifs is 1. The van der Waals surface area contributed by atoms with Crippen molar-refractivity contribution in [3.05, 3.63) is 76.7 Å². The van der Waals surface area contributed by atoms with Crippen LogP contribution in [0, 0.1) is 11.8 Å². The fourth-order valence-corrected chi connectivity index (χ4v) is 10.9. The number of amides is 4. The van der Waals surface area contributed by atoms with Gasteiger partial charge in [-0.3, -0.25) is 19.2 Å². The molecule has 5 fully saturated rings. The van der Waals surface area contributed by atoms with Crippen LogP contribution in [0.3, 0.4) is 0 Å². The van der Waals surface area contributed by atoms with E-state index in [1.807, 2.05) is 0 Å². The van der Waals surface area contributed by atoms with E-state index < -0.39 is 29.3 Å². The van der Waals surface area contributed by atoms with Crippen LogP contribution in [0.4, 0.5) is 18.9 Å². The Labute approximate surface area is 409 Å². The standard InChI is InChI=1S/C47H52ClF3N12O8/c1-58-37(33-23-62(57-40(33)47(49,50)51)38-18-35-30(21-53-38)16-36(56-35)45(69)61-11-15-71-46(26-61)6-14-70-27-46)22-54-41(58)42(66)55-31-2-3-32(34(48)17-31)44(68)60-9-7-59(8-10-60)43(67)29-4-12-63(13-5-29,25-39(64)65)24-28-19-52-20-28/h2-3,16-18,21-23,28-29,52H,4-15,19-20,24-27H2,1H3,(H2-,53,55,56,64,65,66,68,69)/p+1/t29?,46-,63?/m1/s1. The number of H-pyrrole nitrogens is 1. The van der Waals surface area contributed by atoms with E-state index in [0.717, 1.165) is 36.7 Å². The number of carbonyl (C=O) groups is 5. The highest BCUT2D eigenvalue weighted by Gasteiger charge is 2.44. The van der Waals surface area contributed by atoms with Crippen molar-refractivity contribution in [3.63, 3.8) is 0 Å². The Hall–Kier alpha value is -6.40. The zero-order chi connectivity index (χ0) is 49.8. The van der Waals surface area contributed by atoms with E-state index in [4.69, 9.17) is 21.1 Å². The average molecular weight is 1010 g/mol. The summed E-state index contributed by atoms with van der Waals surface area (Å²) >= 11 is 6.61. The molecule has 0 radical (unpaired) electrons. The number of hydrogen-bond acceptors (Lipinski definition) is 11. The van der Waals surface area contributed by atoms with Gasteiger partial charge in [-0.15, -0.1) is 0 Å². The predicted octanol–water partition coefficient (Wildman–Crippen LogP) is 3.52. The lowest BCUT2D eigenvalue weighted by atomic mass is 9.90. The van der Waals surface area contributed by atoms with E-state index >= 15 is 0 Å². The highest BCUT2D eigenvalue weighted by Crippen LogP contribution is 2.38. The van der Waals surface area contributed by atoms with Crippen molar-refractivity contribution in [2.24, 2.45) is 18.9 Å². The number of anilines is 1. The zero-order valence-electron chi connectivity index (χ0n) is 38.8. The second-order valence-electron chi connectivity index (χ2n) is 19.3. The summed E-state index contributed by atoms with van der Waals surface area (Å²) in [6.07, 6.45) is 0.719. The van der Waals surface area contributed by atoms with Crippen LogP contribution in [-0.4, -0.2) is 187 Å². The van der Waals surface area contributed by atoms with Crippen LogP contribution in [0.1, 0.15) is 56.4 Å². The molecule has 5 aromatic rings. The van der Waals surface area contributed by atoms with Gasteiger partial charge in [-0.1, -0.05) is 11.6 Å². The molecule has 71 heavy (non-hydrogen) atoms. The van der Waals surface area contributed by atoms with Gasteiger partial charge in [0.15, 0.2) is 23.9 Å². The van der Waals surface area contributed by atoms with Crippen LogP contribution in [0.25, 0.3) is 28.0 Å². The van der Waals surface area contributed by atoms with Crippen molar-refractivity contribution in [1.82, 2.24) is 49.3 Å². The topological polar surface area (TPSA) is 222 Å². The van der Waals surface area contributed by atoms with Crippen LogP contribution in [0.2, 0.25) is 5.02 Å². The highest BCUT2D eigenvalue weighted by molar-refractivity contribution is 6.34. The second kappa shape index (κ2) is 19.0. The lowest BCUT2D eigenvalue weighted by Crippen LogP contribution is -2.62. The molecule has 1 atom stereocenters. The van der Waals surface area contributed by atoms with E-state index in [0.29, 0.717) is 99.7 Å². The number of hydrogen-bond donors (Lipinski definition) is 4. The first-order valence-corrected chi connectivity index (χ1v) is 24.0. The molecule has 5 saturated heterocycles. The van der Waals surface area contributed by atoms with Crippen LogP contribution in [0.5, 0.6) is 0 Å². The van der Waals surface area contributed by atoms with E-state index in [1.165, 1.54) is 42.1 Å². The Kier molecular flexibility index (Phi) is 12.9. The van der Waals surface area contributed by atoms with Crippen LogP contribution in [0.15, 0.2) is 48.9 Å². The Balaban J connectivity index is 0.769. The number of aromatic nitrogens is 6. The molecule has 10 rings (SSSR count). The van der Waals surface area contributed by atoms with Gasteiger partial charge < -0.3 is 53.9 Å². The number of pyridine rings is 1. The van der Waals surface area contributed by atoms with Gasteiger partial charge >= 0.3 is 12.1 Å². The molecule has 0 saturated carbocycles. The molecule has 0 aliphatic carbocycles. The summed E-state index contributed by atoms with van der Waals surface area (Å²) in [5, 5.41) is 20.0. The summed E-state index contributed by atoms with van der Waals surface area (Å²) in [6.45, 7) is 7.23. The molecule has 0 bridgehead atoms. The molecule has 376 valence electrons. The number of piperidine rings is 1. The number of piperazine rings is 1. The molecule has 5 aliphatic heterocycles. The number of carboxylic acid groups (broad SMARTS) is 1. The lowest BCUT2D eigenvalue weighted by molar-refractivity contribution is -0.929. The molecular formula is C47H53ClF3N12O8+. The molecule has 4 amide bonds. The van der Waals surface area contributed by atoms with Gasteiger partial charge in [0.05, 0.1) is 72.9 Å². The molecule has 9 heterocycles. The minimum atomic E-state index is -4.91. The smallest absolute Gasteiger partial charge is 0.435 e. The third-order valence-electron chi connectivity index (χ3n) is 14.6. The third-order valence-corrected chi connectivity index (χ3v) is 14.9. The van der Waals surface area contributed by atoms with Crippen molar-refractivity contribution in [1.29, 1.82) is 0 Å². The summed E-state index contributed by atoms with van der Waals surface area (Å²) in [4.78, 5) is 82.8. The number of aliphatic carboxylic acids is 1. The van der Waals surface area contributed by atoms with Crippen molar-refractivity contribution in [3.8, 4) is 17.1 Å². The van der Waals surface area contributed by atoms with Crippen molar-refractivity contribution < 1.29 is 56.2 Å². The van der Waals surface area contributed by atoms with Gasteiger partial charge in [0.1, 0.15) is 11.3 Å². The summed E-state index contributed by atoms with van der Waals surface area (Å²) in [5.74, 6) is -2.11. The minimum absolute atomic E-state index is 0.0234. The van der Waals surface area contributed by atoms with Crippen LogP contribution < -0.4 is 10.6 Å². The van der Waals surface area contributed by atoms with Gasteiger partial charge in [-0.2, -0.15) is 18.3 Å². The van der Waals surface area contributed by atoms with Gasteiger partial charge in [-0.25, -0.2) is 19.4 Å². The third kappa shape index (κ3) is 9.72. The Morgan fingerprint density at radius 3 is 2.39 bits per heavy atom. The second-order valence-corrected chi connectivity index (χ2v) is 19.7. The first-order chi connectivity index (χ1) is 34.0. The molecule has 20 nitrogen and oxygen atoms in total. The fraction of sp³-hybridized carbons (Fsp3) is 0.489. The van der Waals surface area contributed by atoms with E-state index in [2.05, 4.69) is 30.7 Å². The number of nitrogens with one attached hydrogen (secondary N) is 3. The quantitative estimate of drug-likeness (QED) is 0.140. The number of rotatable bonds is 11. The van der Waals surface area contributed by atoms with Gasteiger partial charge in [0, 0.05) is 120 Å². The summed E-state index contributed by atoms with van der Waals surface area (Å²) in [5.41, 5.74) is -1.08. The number of aromatic amines is 1. The predicted molar refractivity (Wildman–Crippen MR) is 249 cm³/mol. The first kappa shape index (κ1) is 48.2. The van der Waals surface area contributed by atoms with Crippen LogP contribution in [-0.2, 0) is 32.3 Å². The number of carbonyl (C=O) groups excluding carboxylic acids is 4. The Morgan fingerprint density at radius 2 is 1.72 bits per heavy atom. The number of ether oxygens (including phenoxy) is 2. The summed E-state index contributed by atoms with van der Waals surface area (Å²) in [7, 11) is 1.39. The van der Waals surface area contributed by atoms with Crippen LogP contribution >= 0.6 is 11.6 Å². The monoisotopic (exact) mass is 1010 g/mol. The summed E-state index contributed by atoms with van der Waals surface area (Å²) < 4.78 is 57.9. The molecule has 4 aromatic heterocycles. The van der Waals surface area contributed by atoms with E-state index in [-0.39, 0.29) is 88.1 Å².